The predicted molar refractivity (Wildman–Crippen MR) is 119 cm³/mol. The highest BCUT2D eigenvalue weighted by atomic mass is 19.4. The van der Waals surface area contributed by atoms with Crippen LogP contribution in [0.1, 0.15) is 43.7 Å². The molecule has 0 radical (unpaired) electrons. The number of aryl methyl sites for hydroxylation is 1. The summed E-state index contributed by atoms with van der Waals surface area (Å²) < 4.78 is 91.7. The maximum Gasteiger partial charge on any atom is 0.434 e. The first-order valence-corrected chi connectivity index (χ1v) is 11.8. The molecule has 204 valence electrons. The van der Waals surface area contributed by atoms with E-state index in [1.54, 1.807) is 0 Å². The van der Waals surface area contributed by atoms with Crippen LogP contribution >= 0.6 is 0 Å². The lowest BCUT2D eigenvalue weighted by Gasteiger charge is -2.45. The summed E-state index contributed by atoms with van der Waals surface area (Å²) in [7, 11) is 1.90. The Bertz CT molecular complexity index is 880. The van der Waals surface area contributed by atoms with Gasteiger partial charge in [0.25, 0.3) is 6.10 Å². The topological polar surface area (TPSA) is 51.2 Å². The van der Waals surface area contributed by atoms with Crippen molar-refractivity contribution in [3.63, 3.8) is 0 Å². The Morgan fingerprint density at radius 1 is 1.11 bits per heavy atom. The highest BCUT2D eigenvalue weighted by Gasteiger charge is 2.60. The van der Waals surface area contributed by atoms with Gasteiger partial charge < -0.3 is 19.1 Å². The van der Waals surface area contributed by atoms with Crippen molar-refractivity contribution in [2.24, 2.45) is 0 Å². The van der Waals surface area contributed by atoms with Crippen molar-refractivity contribution in [3.8, 4) is 5.75 Å². The molecule has 0 bridgehead atoms. The molecule has 2 aliphatic rings. The van der Waals surface area contributed by atoms with Gasteiger partial charge in [0.1, 0.15) is 11.9 Å². The van der Waals surface area contributed by atoms with Gasteiger partial charge in [-0.2, -0.15) is 26.3 Å². The quantitative estimate of drug-likeness (QED) is 0.461. The highest BCUT2D eigenvalue weighted by molar-refractivity contribution is 5.68. The second-order valence-electron chi connectivity index (χ2n) is 9.77. The molecule has 0 aromatic heterocycles. The van der Waals surface area contributed by atoms with E-state index in [1.165, 1.54) is 0 Å². The lowest BCUT2D eigenvalue weighted by atomic mass is 9.87. The number of hydrogen-bond donors (Lipinski definition) is 0. The van der Waals surface area contributed by atoms with Crippen molar-refractivity contribution in [2.45, 2.75) is 76.2 Å². The minimum Gasteiger partial charge on any atom is -0.490 e. The summed E-state index contributed by atoms with van der Waals surface area (Å²) in [6.45, 7) is 5.78. The number of halogens is 6. The van der Waals surface area contributed by atoms with E-state index in [0.717, 1.165) is 34.6 Å². The summed E-state index contributed by atoms with van der Waals surface area (Å²) in [4.78, 5) is 15.1. The van der Waals surface area contributed by atoms with Crippen LogP contribution in [0.25, 0.3) is 0 Å². The number of nitrogens with zero attached hydrogens (tertiary/aromatic N) is 2. The smallest absolute Gasteiger partial charge is 0.434 e. The zero-order chi connectivity index (χ0) is 26.7. The van der Waals surface area contributed by atoms with Gasteiger partial charge in [-0.1, -0.05) is 6.07 Å². The molecule has 0 atom stereocenters. The summed E-state index contributed by atoms with van der Waals surface area (Å²) in [6, 6.07) is 5.99. The van der Waals surface area contributed by atoms with Crippen LogP contribution in [0.3, 0.4) is 0 Å². The predicted octanol–water partition coefficient (Wildman–Crippen LogP) is 5.47. The van der Waals surface area contributed by atoms with Gasteiger partial charge in [0.15, 0.2) is 0 Å². The van der Waals surface area contributed by atoms with Gasteiger partial charge in [-0.3, -0.25) is 4.90 Å². The Hall–Kier alpha value is -2.21. The SMILES string of the molecule is Cc1cc(CN(C)C2(C)CCN(C(=O)OC(C(F)(F)F)C(F)(F)F)CC2)cc(OC2CCOCC2)c1. The number of carbonyl (C=O) groups is 1. The second-order valence-corrected chi connectivity index (χ2v) is 9.77. The molecule has 1 aromatic rings. The van der Waals surface area contributed by atoms with E-state index < -0.39 is 30.1 Å². The summed E-state index contributed by atoms with van der Waals surface area (Å²) in [6.07, 6.45) is -14.8. The molecule has 2 heterocycles. The molecule has 0 spiro atoms. The van der Waals surface area contributed by atoms with E-state index in [-0.39, 0.29) is 19.2 Å². The zero-order valence-corrected chi connectivity index (χ0v) is 20.5. The van der Waals surface area contributed by atoms with Crippen LogP contribution in [0.5, 0.6) is 5.75 Å². The van der Waals surface area contributed by atoms with Gasteiger partial charge in [0.2, 0.25) is 0 Å². The molecule has 0 saturated carbocycles. The Labute approximate surface area is 206 Å². The van der Waals surface area contributed by atoms with Crippen molar-refractivity contribution >= 4 is 6.09 Å². The first kappa shape index (κ1) is 28.4. The van der Waals surface area contributed by atoms with Gasteiger partial charge in [-0.25, -0.2) is 4.79 Å². The lowest BCUT2D eigenvalue weighted by molar-refractivity contribution is -0.308. The highest BCUT2D eigenvalue weighted by Crippen LogP contribution is 2.37. The Morgan fingerprint density at radius 2 is 1.69 bits per heavy atom. The minimum atomic E-state index is -5.74. The Balaban J connectivity index is 1.58. The van der Waals surface area contributed by atoms with E-state index in [9.17, 15) is 31.1 Å². The minimum absolute atomic E-state index is 0.0198. The fraction of sp³-hybridized carbons (Fsp3) is 0.708. The number of likely N-dealkylation sites (tertiary alicyclic amines) is 1. The van der Waals surface area contributed by atoms with Gasteiger partial charge in [0, 0.05) is 38.0 Å². The third-order valence-electron chi connectivity index (χ3n) is 6.84. The van der Waals surface area contributed by atoms with Crippen LogP contribution in [0.15, 0.2) is 18.2 Å². The molecule has 0 aliphatic carbocycles. The summed E-state index contributed by atoms with van der Waals surface area (Å²) >= 11 is 0. The summed E-state index contributed by atoms with van der Waals surface area (Å²) in [5.74, 6) is 0.775. The van der Waals surface area contributed by atoms with Gasteiger partial charge >= 0.3 is 18.4 Å². The first-order chi connectivity index (χ1) is 16.7. The number of rotatable bonds is 6. The van der Waals surface area contributed by atoms with E-state index in [2.05, 4.69) is 9.64 Å². The van der Waals surface area contributed by atoms with Crippen molar-refractivity contribution in [1.82, 2.24) is 9.80 Å². The van der Waals surface area contributed by atoms with Crippen molar-refractivity contribution in [1.29, 1.82) is 0 Å². The molecule has 12 heteroatoms. The number of hydrogen-bond acceptors (Lipinski definition) is 5. The lowest BCUT2D eigenvalue weighted by Crippen LogP contribution is -2.54. The van der Waals surface area contributed by atoms with Crippen LogP contribution in [0.4, 0.5) is 31.1 Å². The third kappa shape index (κ3) is 7.41. The molecule has 2 saturated heterocycles. The Morgan fingerprint density at radius 3 is 2.25 bits per heavy atom. The molecule has 6 nitrogen and oxygen atoms in total. The molecule has 2 aliphatic heterocycles. The molecule has 1 aromatic carbocycles. The zero-order valence-electron chi connectivity index (χ0n) is 20.5. The fourth-order valence-corrected chi connectivity index (χ4v) is 4.48. The van der Waals surface area contributed by atoms with Gasteiger partial charge in [0.05, 0.1) is 13.2 Å². The second kappa shape index (κ2) is 11.0. The van der Waals surface area contributed by atoms with Crippen molar-refractivity contribution in [2.75, 3.05) is 33.4 Å². The largest absolute Gasteiger partial charge is 0.490 e. The number of alkyl halides is 6. The summed E-state index contributed by atoms with van der Waals surface area (Å²) in [5, 5.41) is 0. The molecule has 36 heavy (non-hydrogen) atoms. The molecular weight excluding hydrogens is 494 g/mol. The number of ether oxygens (including phenoxy) is 3. The normalized spacial score (nSPS) is 19.6. The van der Waals surface area contributed by atoms with Crippen molar-refractivity contribution in [3.05, 3.63) is 29.3 Å². The Kier molecular flexibility index (Phi) is 8.70. The molecule has 0 unspecified atom stereocenters. The third-order valence-corrected chi connectivity index (χ3v) is 6.84. The van der Waals surface area contributed by atoms with E-state index >= 15 is 0 Å². The number of benzene rings is 1. The molecular formula is C24H32F6N2O4. The fourth-order valence-electron chi connectivity index (χ4n) is 4.48. The average Bonchev–Trinajstić information content (AvgIpc) is 2.76. The van der Waals surface area contributed by atoms with E-state index in [4.69, 9.17) is 9.47 Å². The van der Waals surface area contributed by atoms with Crippen LogP contribution in [0.2, 0.25) is 0 Å². The van der Waals surface area contributed by atoms with E-state index in [0.29, 0.717) is 32.6 Å². The first-order valence-electron chi connectivity index (χ1n) is 11.8. The van der Waals surface area contributed by atoms with Gasteiger partial charge in [-0.05, 0) is 57.0 Å². The van der Waals surface area contributed by atoms with Crippen molar-refractivity contribution < 1.29 is 45.3 Å². The molecule has 1 amide bonds. The van der Waals surface area contributed by atoms with Crippen LogP contribution < -0.4 is 4.74 Å². The van der Waals surface area contributed by atoms with Crippen LogP contribution in [-0.4, -0.2) is 79.3 Å². The van der Waals surface area contributed by atoms with Crippen LogP contribution in [-0.2, 0) is 16.0 Å². The number of carbonyl (C=O) groups excluding carboxylic acids is 1. The number of piperidine rings is 1. The van der Waals surface area contributed by atoms with E-state index in [1.807, 2.05) is 39.1 Å². The maximum atomic E-state index is 12.7. The summed E-state index contributed by atoms with van der Waals surface area (Å²) in [5.41, 5.74) is 1.63. The van der Waals surface area contributed by atoms with Gasteiger partial charge in [-0.15, -0.1) is 0 Å². The number of amides is 1. The standard InChI is InChI=1S/C24H32F6N2O4/c1-16-12-17(14-19(13-16)35-18-4-10-34-11-5-18)15-31(3)22(2)6-8-32(9-7-22)21(33)36-20(23(25,26)27)24(28,29)30/h12-14,18,20H,4-11,15H2,1-3H3. The van der Waals surface area contributed by atoms with Crippen LogP contribution in [0, 0.1) is 6.92 Å². The molecule has 0 N–H and O–H groups in total. The molecule has 3 rings (SSSR count). The average molecular weight is 527 g/mol. The monoisotopic (exact) mass is 526 g/mol. The molecule has 2 fully saturated rings. The maximum absolute atomic E-state index is 12.7.